The zero-order chi connectivity index (χ0) is 7.11. The van der Waals surface area contributed by atoms with E-state index in [1.165, 1.54) is 44.3 Å². The molecule has 0 aliphatic rings. The van der Waals surface area contributed by atoms with Crippen molar-refractivity contribution in [3.63, 3.8) is 0 Å². The fourth-order valence-electron chi connectivity index (χ4n) is 0.350. The van der Waals surface area contributed by atoms with Gasteiger partial charge >= 0.3 is 78.2 Å². The zero-order valence-electron chi connectivity index (χ0n) is 5.04. The summed E-state index contributed by atoms with van der Waals surface area (Å²) in [5.74, 6) is 0. The van der Waals surface area contributed by atoms with Gasteiger partial charge in [0.2, 0.25) is 0 Å². The predicted molar refractivity (Wildman–Crippen MR) is 35.0 cm³/mol. The quantitative estimate of drug-likeness (QED) is 0.554. The van der Waals surface area contributed by atoms with E-state index in [4.69, 9.17) is 0 Å². The van der Waals surface area contributed by atoms with Crippen molar-refractivity contribution in [2.24, 2.45) is 0 Å². The van der Waals surface area contributed by atoms with E-state index >= 15 is 0 Å². The second-order valence-corrected chi connectivity index (χ2v) is 3.70. The molecule has 0 unspecified atom stereocenters. The molecule has 0 bridgehead atoms. The van der Waals surface area contributed by atoms with Crippen LogP contribution in [0.2, 0.25) is 0 Å². The molecule has 0 saturated heterocycles. The summed E-state index contributed by atoms with van der Waals surface area (Å²) in [5, 5.41) is 0. The van der Waals surface area contributed by atoms with E-state index in [1.807, 2.05) is 0 Å². The van der Waals surface area contributed by atoms with Crippen LogP contribution >= 0.6 is 0 Å². The molecule has 0 heterocycles. The molecule has 0 nitrogen and oxygen atoms in total. The van der Waals surface area contributed by atoms with Gasteiger partial charge < -0.3 is 0 Å². The van der Waals surface area contributed by atoms with Crippen molar-refractivity contribution in [3.8, 4) is 0 Å². The van der Waals surface area contributed by atoms with Crippen molar-refractivity contribution >= 4 is 8.80 Å². The minimum absolute atomic E-state index is 1.04. The Labute approximate surface area is 77.9 Å². The molecule has 0 N–H and O–H groups in total. The Morgan fingerprint density at radius 3 is 2.56 bits per heavy atom. The molecule has 0 aromatic rings. The van der Waals surface area contributed by atoms with E-state index in [0.717, 1.165) is 6.42 Å². The van der Waals surface area contributed by atoms with E-state index in [2.05, 4.69) is 27.5 Å². The molecule has 0 fully saturated rings. The fraction of sp³-hybridized carbons (Fsp3) is 0.143. The number of allylic oxidation sites excluding steroid dienone is 3. The van der Waals surface area contributed by atoms with Gasteiger partial charge in [0.25, 0.3) is 0 Å². The molecule has 48 valence electrons. The number of hydrogen-bond donors (Lipinski definition) is 0. The van der Waals surface area contributed by atoms with E-state index in [9.17, 15) is 0 Å². The first-order chi connectivity index (χ1) is 4.31. The van der Waals surface area contributed by atoms with E-state index in [-0.39, 0.29) is 0 Å². The van der Waals surface area contributed by atoms with Crippen LogP contribution in [0.25, 0.3) is 0 Å². The molecule has 0 rings (SSSR count). The van der Waals surface area contributed by atoms with E-state index in [1.54, 1.807) is 0 Å². The van der Waals surface area contributed by atoms with Crippen molar-refractivity contribution in [3.05, 3.63) is 24.3 Å². The van der Waals surface area contributed by atoms with Gasteiger partial charge in [-0.25, -0.2) is 0 Å². The Morgan fingerprint density at radius 2 is 2.11 bits per heavy atom. The second-order valence-electron chi connectivity index (χ2n) is 1.52. The molecule has 0 radical (unpaired) electrons. The number of rotatable bonds is 4. The number of hydrogen-bond acceptors (Lipinski definition) is 0. The molecule has 0 amide bonds. The van der Waals surface area contributed by atoms with Gasteiger partial charge in [0.1, 0.15) is 0 Å². The topological polar surface area (TPSA) is 0 Å². The average Bonchev–Trinajstić information content (AvgIpc) is 1.85. The minimum atomic E-state index is 1.04. The zero-order valence-corrected chi connectivity index (χ0v) is 10.9. The third-order valence-electron chi connectivity index (χ3n) is 0.756. The molecule has 0 aliphatic carbocycles. The van der Waals surface area contributed by atoms with Crippen LogP contribution in [0.3, 0.4) is 0 Å². The molecule has 0 aliphatic heterocycles. The normalized spacial score (nSPS) is 9.33. The van der Waals surface area contributed by atoms with Gasteiger partial charge in [-0.15, -0.1) is 0 Å². The van der Waals surface area contributed by atoms with Crippen LogP contribution in [0.15, 0.2) is 24.3 Å². The molecule has 0 aromatic heterocycles. The Balaban J connectivity index is 3.61. The van der Waals surface area contributed by atoms with Crippen LogP contribution in [0.4, 0.5) is 0 Å². The molecule has 2 heteroatoms. The van der Waals surface area contributed by atoms with Crippen molar-refractivity contribution in [1.82, 2.24) is 0 Å². The van der Waals surface area contributed by atoms with E-state index in [0.29, 0.717) is 0 Å². The molecular formula is C7H8W2. The van der Waals surface area contributed by atoms with Gasteiger partial charge in [0, 0.05) is 0 Å². The Hall–Kier alpha value is 0.597. The van der Waals surface area contributed by atoms with Gasteiger partial charge in [-0.1, -0.05) is 0 Å². The first-order valence-electron chi connectivity index (χ1n) is 2.54. The average molecular weight is 460 g/mol. The third kappa shape index (κ3) is 6.48. The first-order valence-corrected chi connectivity index (χ1v) is 5.93. The fourth-order valence-corrected chi connectivity index (χ4v) is 1.40. The van der Waals surface area contributed by atoms with Crippen LogP contribution in [0.1, 0.15) is 6.42 Å². The van der Waals surface area contributed by atoms with Crippen molar-refractivity contribution in [2.45, 2.75) is 6.42 Å². The Morgan fingerprint density at radius 1 is 1.44 bits per heavy atom. The second kappa shape index (κ2) is 6.71. The summed E-state index contributed by atoms with van der Waals surface area (Å²) in [6, 6.07) is 0. The van der Waals surface area contributed by atoms with Crippen LogP contribution in [0.5, 0.6) is 0 Å². The molecular weight excluding hydrogens is 452 g/mol. The van der Waals surface area contributed by atoms with Gasteiger partial charge in [-0.3, -0.25) is 0 Å². The van der Waals surface area contributed by atoms with Crippen LogP contribution in [-0.2, 0) is 38.7 Å². The van der Waals surface area contributed by atoms with Crippen LogP contribution in [-0.4, -0.2) is 8.80 Å². The maximum atomic E-state index is 3.87. The summed E-state index contributed by atoms with van der Waals surface area (Å²) in [6.45, 7) is 3.87. The SMILES string of the molecule is C=C(/C=C\[CH]=[W])C[CH]=[W]. The summed E-state index contributed by atoms with van der Waals surface area (Å²) in [4.78, 5) is 0. The predicted octanol–water partition coefficient (Wildman–Crippen LogP) is 1.19. The van der Waals surface area contributed by atoms with Gasteiger partial charge in [-0.2, -0.15) is 0 Å². The van der Waals surface area contributed by atoms with Gasteiger partial charge in [0.05, 0.1) is 0 Å². The molecule has 9 heavy (non-hydrogen) atoms. The standard InChI is InChI=1S/C7H8.2W/c1-4-6-7(3)5-2;;/h1-2,4,6H,3,5H2;;/b6-4-;;. The summed E-state index contributed by atoms with van der Waals surface area (Å²) in [5.41, 5.74) is 1.20. The third-order valence-corrected chi connectivity index (χ3v) is 1.92. The monoisotopic (exact) mass is 460 g/mol. The van der Waals surface area contributed by atoms with Gasteiger partial charge in [-0.05, 0) is 0 Å². The molecule has 0 atom stereocenters. The maximum absolute atomic E-state index is 3.87. The van der Waals surface area contributed by atoms with E-state index < -0.39 is 0 Å². The first kappa shape index (κ1) is 9.60. The summed E-state index contributed by atoms with van der Waals surface area (Å²) in [6.07, 6.45) is 5.15. The van der Waals surface area contributed by atoms with Gasteiger partial charge in [0.15, 0.2) is 0 Å². The summed E-state index contributed by atoms with van der Waals surface area (Å²) in [7, 11) is 0. The van der Waals surface area contributed by atoms with Crippen LogP contribution in [0, 0.1) is 0 Å². The van der Waals surface area contributed by atoms with Crippen molar-refractivity contribution in [1.29, 1.82) is 0 Å². The van der Waals surface area contributed by atoms with Crippen LogP contribution < -0.4 is 0 Å². The van der Waals surface area contributed by atoms with Crippen molar-refractivity contribution in [2.75, 3.05) is 0 Å². The molecule has 0 aromatic carbocycles. The molecule has 0 spiro atoms. The Bertz CT molecular complexity index is 145. The summed E-state index contributed by atoms with van der Waals surface area (Å²) < 4.78 is 4.28. The summed E-state index contributed by atoms with van der Waals surface area (Å²) >= 11 is 3.01. The Kier molecular flexibility index (Phi) is 7.16. The molecule has 0 saturated carbocycles. The van der Waals surface area contributed by atoms with Crippen molar-refractivity contribution < 1.29 is 38.7 Å².